The van der Waals surface area contributed by atoms with Gasteiger partial charge in [0, 0.05) is 22.4 Å². The molecule has 0 spiro atoms. The van der Waals surface area contributed by atoms with E-state index in [0.717, 1.165) is 41.8 Å². The predicted octanol–water partition coefficient (Wildman–Crippen LogP) is 3.87. The van der Waals surface area contributed by atoms with Gasteiger partial charge in [0.05, 0.1) is 12.6 Å². The molecule has 110 valence electrons. The van der Waals surface area contributed by atoms with Gasteiger partial charge in [-0.2, -0.15) is 0 Å². The van der Waals surface area contributed by atoms with Crippen molar-refractivity contribution in [3.8, 4) is 5.75 Å². The van der Waals surface area contributed by atoms with Crippen molar-refractivity contribution in [2.24, 2.45) is 0 Å². The van der Waals surface area contributed by atoms with Gasteiger partial charge >= 0.3 is 0 Å². The summed E-state index contributed by atoms with van der Waals surface area (Å²) in [5.74, 6) is 1.05. The lowest BCUT2D eigenvalue weighted by atomic mass is 9.94. The fourth-order valence-corrected chi connectivity index (χ4v) is 3.22. The average Bonchev–Trinajstić information content (AvgIpc) is 2.52. The van der Waals surface area contributed by atoms with E-state index in [1.807, 2.05) is 12.4 Å². The van der Waals surface area contributed by atoms with E-state index >= 15 is 0 Å². The maximum absolute atomic E-state index is 5.96. The van der Waals surface area contributed by atoms with Crippen LogP contribution in [0.4, 0.5) is 0 Å². The van der Waals surface area contributed by atoms with Crippen LogP contribution in [0.2, 0.25) is 0 Å². The normalized spacial score (nSPS) is 15.1. The molecule has 4 heteroatoms. The third-order valence-electron chi connectivity index (χ3n) is 3.74. The van der Waals surface area contributed by atoms with E-state index in [4.69, 9.17) is 4.74 Å². The fourth-order valence-electron chi connectivity index (χ4n) is 2.84. The molecule has 0 fully saturated rings. The molecule has 1 aromatic heterocycles. The summed E-state index contributed by atoms with van der Waals surface area (Å²) in [6.07, 6.45) is 5.92. The molecule has 2 heterocycles. The monoisotopic (exact) mass is 346 g/mol. The number of para-hydroxylation sites is 1. The highest BCUT2D eigenvalue weighted by Gasteiger charge is 2.22. The third-order valence-corrected chi connectivity index (χ3v) is 4.18. The predicted molar refractivity (Wildman–Crippen MR) is 87.7 cm³/mol. The number of halogens is 1. The van der Waals surface area contributed by atoms with Crippen molar-refractivity contribution >= 4 is 15.9 Å². The summed E-state index contributed by atoms with van der Waals surface area (Å²) in [5.41, 5.74) is 3.66. The molecule has 0 amide bonds. The largest absolute Gasteiger partial charge is 0.493 e. The van der Waals surface area contributed by atoms with Crippen molar-refractivity contribution < 1.29 is 4.74 Å². The van der Waals surface area contributed by atoms with Gasteiger partial charge in [-0.15, -0.1) is 0 Å². The van der Waals surface area contributed by atoms with Crippen molar-refractivity contribution in [3.05, 3.63) is 57.8 Å². The van der Waals surface area contributed by atoms with Gasteiger partial charge in [-0.1, -0.05) is 25.1 Å². The zero-order chi connectivity index (χ0) is 14.7. The first-order valence-electron chi connectivity index (χ1n) is 7.38. The van der Waals surface area contributed by atoms with E-state index in [1.54, 1.807) is 0 Å². The molecule has 0 aliphatic carbocycles. The molecule has 2 aromatic rings. The molecule has 1 unspecified atom stereocenters. The summed E-state index contributed by atoms with van der Waals surface area (Å²) in [6.45, 7) is 3.81. The Morgan fingerprint density at radius 3 is 3.10 bits per heavy atom. The Bertz CT molecular complexity index is 630. The van der Waals surface area contributed by atoms with Gasteiger partial charge in [0.2, 0.25) is 0 Å². The van der Waals surface area contributed by atoms with E-state index in [-0.39, 0.29) is 6.04 Å². The van der Waals surface area contributed by atoms with Crippen molar-refractivity contribution in [2.75, 3.05) is 13.2 Å². The highest BCUT2D eigenvalue weighted by Crippen LogP contribution is 2.35. The molecule has 0 bridgehead atoms. The first-order chi connectivity index (χ1) is 10.3. The topological polar surface area (TPSA) is 34.2 Å². The van der Waals surface area contributed by atoms with Gasteiger partial charge in [-0.25, -0.2) is 0 Å². The number of benzene rings is 1. The summed E-state index contributed by atoms with van der Waals surface area (Å²) in [6, 6.07) is 8.66. The number of rotatable bonds is 4. The molecule has 0 saturated carbocycles. The van der Waals surface area contributed by atoms with E-state index in [2.05, 4.69) is 57.4 Å². The molecule has 0 radical (unpaired) electrons. The Kier molecular flexibility index (Phi) is 4.56. The molecule has 0 saturated heterocycles. The Labute approximate surface area is 133 Å². The second-order valence-corrected chi connectivity index (χ2v) is 6.13. The lowest BCUT2D eigenvalue weighted by molar-refractivity contribution is 0.283. The fraction of sp³-hybridized carbons (Fsp3) is 0.353. The van der Waals surface area contributed by atoms with Crippen LogP contribution in [0, 0.1) is 0 Å². The molecular weight excluding hydrogens is 328 g/mol. The van der Waals surface area contributed by atoms with E-state index in [1.165, 1.54) is 11.1 Å². The van der Waals surface area contributed by atoms with Gasteiger partial charge in [0.1, 0.15) is 5.75 Å². The van der Waals surface area contributed by atoms with Crippen LogP contribution in [0.1, 0.15) is 36.1 Å². The Morgan fingerprint density at radius 1 is 1.38 bits per heavy atom. The van der Waals surface area contributed by atoms with Crippen LogP contribution < -0.4 is 10.1 Å². The van der Waals surface area contributed by atoms with E-state index < -0.39 is 0 Å². The molecule has 1 aromatic carbocycles. The van der Waals surface area contributed by atoms with Crippen LogP contribution in [0.3, 0.4) is 0 Å². The summed E-state index contributed by atoms with van der Waals surface area (Å²) in [4.78, 5) is 4.30. The Hall–Kier alpha value is -1.39. The second kappa shape index (κ2) is 6.58. The first kappa shape index (κ1) is 14.5. The number of hydrogen-bond acceptors (Lipinski definition) is 3. The molecule has 1 atom stereocenters. The number of aryl methyl sites for hydroxylation is 1. The molecule has 1 aliphatic heterocycles. The van der Waals surface area contributed by atoms with Gasteiger partial charge in [-0.05, 0) is 52.5 Å². The Balaban J connectivity index is 2.05. The molecule has 3 rings (SSSR count). The molecular formula is C17H19BrN2O. The smallest absolute Gasteiger partial charge is 0.127 e. The zero-order valence-electron chi connectivity index (χ0n) is 12.1. The van der Waals surface area contributed by atoms with E-state index in [0.29, 0.717) is 0 Å². The number of ether oxygens (including phenoxy) is 1. The Morgan fingerprint density at radius 2 is 2.29 bits per heavy atom. The minimum Gasteiger partial charge on any atom is -0.493 e. The number of hydrogen-bond donors (Lipinski definition) is 1. The van der Waals surface area contributed by atoms with Crippen LogP contribution in [0.5, 0.6) is 5.75 Å². The van der Waals surface area contributed by atoms with Crippen LogP contribution >= 0.6 is 15.9 Å². The third kappa shape index (κ3) is 3.11. The van der Waals surface area contributed by atoms with Gasteiger partial charge in [-0.3, -0.25) is 4.98 Å². The highest BCUT2D eigenvalue weighted by molar-refractivity contribution is 9.10. The summed E-state index contributed by atoms with van der Waals surface area (Å²) < 4.78 is 6.96. The van der Waals surface area contributed by atoms with Crippen molar-refractivity contribution in [1.82, 2.24) is 10.3 Å². The lowest BCUT2D eigenvalue weighted by Crippen LogP contribution is -2.24. The maximum Gasteiger partial charge on any atom is 0.127 e. The minimum absolute atomic E-state index is 0.105. The molecule has 1 aliphatic rings. The SMILES string of the molecule is CCNC(c1cncc(Br)c1)c1cccc2c1OCCC2. The van der Waals surface area contributed by atoms with Crippen molar-refractivity contribution in [3.63, 3.8) is 0 Å². The van der Waals surface area contributed by atoms with Gasteiger partial charge in [0.15, 0.2) is 0 Å². The lowest BCUT2D eigenvalue weighted by Gasteiger charge is -2.26. The minimum atomic E-state index is 0.105. The molecule has 3 nitrogen and oxygen atoms in total. The number of pyridine rings is 1. The first-order valence-corrected chi connectivity index (χ1v) is 8.17. The van der Waals surface area contributed by atoms with Gasteiger partial charge < -0.3 is 10.1 Å². The summed E-state index contributed by atoms with van der Waals surface area (Å²) >= 11 is 3.51. The molecule has 1 N–H and O–H groups in total. The number of nitrogens with zero attached hydrogens (tertiary/aromatic N) is 1. The van der Waals surface area contributed by atoms with Crippen LogP contribution in [-0.2, 0) is 6.42 Å². The number of fused-ring (bicyclic) bond motifs is 1. The number of nitrogens with one attached hydrogen (secondary N) is 1. The van der Waals surface area contributed by atoms with E-state index in [9.17, 15) is 0 Å². The van der Waals surface area contributed by atoms with Crippen LogP contribution in [0.25, 0.3) is 0 Å². The quantitative estimate of drug-likeness (QED) is 0.912. The van der Waals surface area contributed by atoms with Crippen LogP contribution in [-0.4, -0.2) is 18.1 Å². The summed E-state index contributed by atoms with van der Waals surface area (Å²) in [5, 5.41) is 3.55. The average molecular weight is 347 g/mol. The van der Waals surface area contributed by atoms with Crippen LogP contribution in [0.15, 0.2) is 41.1 Å². The standard InChI is InChI=1S/C17H19BrN2O/c1-2-20-16(13-9-14(18)11-19-10-13)15-7-3-5-12-6-4-8-21-17(12)15/h3,5,7,9-11,16,20H,2,4,6,8H2,1H3. The second-order valence-electron chi connectivity index (χ2n) is 5.21. The maximum atomic E-state index is 5.96. The van der Waals surface area contributed by atoms with Crippen molar-refractivity contribution in [2.45, 2.75) is 25.8 Å². The number of aromatic nitrogens is 1. The van der Waals surface area contributed by atoms with Crippen molar-refractivity contribution in [1.29, 1.82) is 0 Å². The highest BCUT2D eigenvalue weighted by atomic mass is 79.9. The summed E-state index contributed by atoms with van der Waals surface area (Å²) in [7, 11) is 0. The molecule has 21 heavy (non-hydrogen) atoms. The zero-order valence-corrected chi connectivity index (χ0v) is 13.7. The van der Waals surface area contributed by atoms with Gasteiger partial charge in [0.25, 0.3) is 0 Å².